The summed E-state index contributed by atoms with van der Waals surface area (Å²) in [5, 5.41) is 13.0. The second-order valence-corrected chi connectivity index (χ2v) is 16.5. The number of unbranched alkanes of at least 4 members (excludes halogenated alkanes) is 1. The molecule has 14 heteroatoms. The van der Waals surface area contributed by atoms with Crippen LogP contribution in [0.5, 0.6) is 11.5 Å². The summed E-state index contributed by atoms with van der Waals surface area (Å²) < 4.78 is 11.8. The third-order valence-corrected chi connectivity index (χ3v) is 12.9. The zero-order chi connectivity index (χ0) is 40.7. The Morgan fingerprint density at radius 1 is 0.931 bits per heavy atom. The highest BCUT2D eigenvalue weighted by Gasteiger charge is 2.46. The fourth-order valence-electron chi connectivity index (χ4n) is 9.48. The number of likely N-dealkylation sites (tertiary alicyclic amines) is 1. The van der Waals surface area contributed by atoms with Gasteiger partial charge in [0.15, 0.2) is 6.23 Å². The number of pyridine rings is 1. The van der Waals surface area contributed by atoms with E-state index in [4.69, 9.17) is 9.47 Å². The van der Waals surface area contributed by atoms with Crippen LogP contribution in [-0.2, 0) is 16.1 Å². The van der Waals surface area contributed by atoms with Gasteiger partial charge < -0.3 is 34.2 Å². The van der Waals surface area contributed by atoms with Crippen molar-refractivity contribution < 1.29 is 33.8 Å². The lowest BCUT2D eigenvalue weighted by Gasteiger charge is -2.39. The number of hydrogen-bond donors (Lipinski definition) is 2. The maximum Gasteiger partial charge on any atom is 0.262 e. The maximum absolute atomic E-state index is 13.4. The van der Waals surface area contributed by atoms with Gasteiger partial charge in [-0.25, -0.2) is 0 Å². The number of anilines is 1. The zero-order valence-electron chi connectivity index (χ0n) is 33.8. The van der Waals surface area contributed by atoms with E-state index >= 15 is 0 Å². The Hall–Kier alpha value is -5.31. The SMILES string of the molecule is COc1cc(C2=CN(C)C(O)c3cnccc32)cc(OC)c1CN(C)CCCCN1CCC2(CC1)CCN(c1ccc3c(c1)C(=O)N(C1CCC(=O)NC1=O)C3=O)C2. The molecule has 8 rings (SSSR count). The molecule has 1 aromatic heterocycles. The highest BCUT2D eigenvalue weighted by atomic mass is 16.5. The number of methoxy groups -OCH3 is 2. The molecule has 58 heavy (non-hydrogen) atoms. The molecule has 0 aliphatic carbocycles. The van der Waals surface area contributed by atoms with Crippen molar-refractivity contribution >= 4 is 34.9 Å². The summed E-state index contributed by atoms with van der Waals surface area (Å²) >= 11 is 0. The van der Waals surface area contributed by atoms with Crippen LogP contribution in [0.15, 0.2) is 55.0 Å². The quantitative estimate of drug-likeness (QED) is 0.202. The van der Waals surface area contributed by atoms with Gasteiger partial charge in [-0.3, -0.25) is 34.4 Å². The number of piperidine rings is 2. The van der Waals surface area contributed by atoms with E-state index in [1.165, 1.54) is 0 Å². The molecular weight excluding hydrogens is 739 g/mol. The number of aliphatic hydroxyl groups is 1. The van der Waals surface area contributed by atoms with E-state index in [9.17, 15) is 24.3 Å². The second kappa shape index (κ2) is 16.1. The molecule has 3 fully saturated rings. The van der Waals surface area contributed by atoms with E-state index < -0.39 is 30.0 Å². The van der Waals surface area contributed by atoms with Gasteiger partial charge in [-0.2, -0.15) is 0 Å². The number of nitrogens with zero attached hydrogens (tertiary/aromatic N) is 6. The molecule has 2 N–H and O–H groups in total. The fraction of sp³-hybridized carbons (Fsp3) is 0.477. The van der Waals surface area contributed by atoms with Crippen LogP contribution in [0.25, 0.3) is 5.57 Å². The first kappa shape index (κ1) is 39.5. The molecule has 3 saturated heterocycles. The normalized spacial score (nSPS) is 21.8. The van der Waals surface area contributed by atoms with Crippen LogP contribution in [0.2, 0.25) is 0 Å². The number of imide groups is 2. The number of fused-ring (bicyclic) bond motifs is 2. The number of ether oxygens (including phenoxy) is 2. The Morgan fingerprint density at radius 3 is 2.38 bits per heavy atom. The van der Waals surface area contributed by atoms with Gasteiger partial charge in [0.2, 0.25) is 11.8 Å². The molecule has 2 unspecified atom stereocenters. The van der Waals surface area contributed by atoms with Crippen LogP contribution in [0, 0.1) is 5.41 Å². The number of carbonyl (C=O) groups excluding carboxylic acids is 4. The van der Waals surface area contributed by atoms with Crippen LogP contribution in [0.4, 0.5) is 5.69 Å². The van der Waals surface area contributed by atoms with Crippen molar-refractivity contribution in [1.29, 1.82) is 0 Å². The van der Waals surface area contributed by atoms with E-state index in [-0.39, 0.29) is 24.2 Å². The molecule has 14 nitrogen and oxygen atoms in total. The molecule has 2 aromatic carbocycles. The zero-order valence-corrected chi connectivity index (χ0v) is 33.8. The van der Waals surface area contributed by atoms with E-state index in [1.807, 2.05) is 43.6 Å². The third-order valence-electron chi connectivity index (χ3n) is 12.9. The number of rotatable bonds is 12. The first-order valence-electron chi connectivity index (χ1n) is 20.3. The second-order valence-electron chi connectivity index (χ2n) is 16.5. The van der Waals surface area contributed by atoms with Gasteiger partial charge in [0.25, 0.3) is 11.8 Å². The number of aliphatic hydroxyl groups excluding tert-OH is 1. The van der Waals surface area contributed by atoms with Crippen LogP contribution < -0.4 is 19.7 Å². The van der Waals surface area contributed by atoms with Crippen molar-refractivity contribution in [3.63, 3.8) is 0 Å². The number of hydrogen-bond acceptors (Lipinski definition) is 12. The Labute approximate surface area is 339 Å². The number of benzene rings is 2. The van der Waals surface area contributed by atoms with Gasteiger partial charge in [0, 0.05) is 68.5 Å². The predicted molar refractivity (Wildman–Crippen MR) is 217 cm³/mol. The average molecular weight is 792 g/mol. The smallest absolute Gasteiger partial charge is 0.262 e. The van der Waals surface area contributed by atoms with Gasteiger partial charge >= 0.3 is 0 Å². The molecular formula is C44H53N7O7. The van der Waals surface area contributed by atoms with Crippen LogP contribution in [0.3, 0.4) is 0 Å². The van der Waals surface area contributed by atoms with E-state index in [2.05, 4.69) is 32.0 Å². The molecule has 306 valence electrons. The minimum absolute atomic E-state index is 0.100. The van der Waals surface area contributed by atoms with E-state index in [1.54, 1.807) is 37.6 Å². The van der Waals surface area contributed by atoms with Gasteiger partial charge in [-0.1, -0.05) is 0 Å². The molecule has 1 spiro atoms. The van der Waals surface area contributed by atoms with Crippen LogP contribution >= 0.6 is 0 Å². The maximum atomic E-state index is 13.4. The van der Waals surface area contributed by atoms with Gasteiger partial charge in [-0.05, 0) is 125 Å². The third kappa shape index (κ3) is 7.44. The van der Waals surface area contributed by atoms with Crippen molar-refractivity contribution in [2.75, 3.05) is 72.5 Å². The first-order valence-corrected chi connectivity index (χ1v) is 20.3. The molecule has 2 atom stereocenters. The van der Waals surface area contributed by atoms with E-state index in [0.29, 0.717) is 17.7 Å². The van der Waals surface area contributed by atoms with Crippen molar-refractivity contribution in [3.05, 3.63) is 88.4 Å². The van der Waals surface area contributed by atoms with E-state index in [0.717, 1.165) is 121 Å². The summed E-state index contributed by atoms with van der Waals surface area (Å²) in [7, 11) is 7.36. The molecule has 5 aliphatic rings. The molecule has 6 heterocycles. The minimum Gasteiger partial charge on any atom is -0.496 e. The summed E-state index contributed by atoms with van der Waals surface area (Å²) in [4.78, 5) is 65.0. The summed E-state index contributed by atoms with van der Waals surface area (Å²) in [5.41, 5.74) is 6.40. The van der Waals surface area contributed by atoms with Crippen LogP contribution in [0.1, 0.15) is 94.1 Å². The summed E-state index contributed by atoms with van der Waals surface area (Å²) in [6.07, 6.45) is 10.4. The Balaban J connectivity index is 0.813. The standard InChI is InChI=1S/C44H53N7O7/c1-47(25-35-37(57-3)21-28(22-38(35)58-4)34-26-48(2)41(54)33-24-45-15-11-30(33)34)16-5-6-17-49-18-12-44(13-19-49)14-20-50(27-44)29-7-8-31-32(23-29)43(56)51(42(31)55)36-9-10-39(52)46-40(36)53/h7-8,11,15,21-24,26,36,41,54H,5-6,9-10,12-14,16-20,25,27H2,1-4H3,(H,46,52,53). The average Bonchev–Trinajstić information content (AvgIpc) is 3.75. The molecule has 0 saturated carbocycles. The molecule has 0 radical (unpaired) electrons. The molecule has 3 aromatic rings. The Bertz CT molecular complexity index is 2120. The summed E-state index contributed by atoms with van der Waals surface area (Å²) in [6.45, 7) is 6.63. The summed E-state index contributed by atoms with van der Waals surface area (Å²) in [6, 6.07) is 10.5. The van der Waals surface area contributed by atoms with Gasteiger partial charge in [0.1, 0.15) is 17.5 Å². The van der Waals surface area contributed by atoms with Crippen molar-refractivity contribution in [2.45, 2.75) is 63.8 Å². The summed E-state index contributed by atoms with van der Waals surface area (Å²) in [5.74, 6) is -0.399. The lowest BCUT2D eigenvalue weighted by molar-refractivity contribution is -0.136. The number of nitrogens with one attached hydrogen (secondary N) is 1. The molecule has 4 amide bonds. The lowest BCUT2D eigenvalue weighted by Crippen LogP contribution is -2.54. The van der Waals surface area contributed by atoms with Gasteiger partial charge in [-0.15, -0.1) is 0 Å². The first-order chi connectivity index (χ1) is 28.0. The monoisotopic (exact) mass is 791 g/mol. The van der Waals surface area contributed by atoms with Gasteiger partial charge in [0.05, 0.1) is 30.9 Å². The number of aromatic nitrogens is 1. The predicted octanol–water partition coefficient (Wildman–Crippen LogP) is 4.03. The lowest BCUT2D eigenvalue weighted by atomic mass is 9.77. The Morgan fingerprint density at radius 2 is 1.66 bits per heavy atom. The fourth-order valence-corrected chi connectivity index (χ4v) is 9.48. The van der Waals surface area contributed by atoms with Crippen molar-refractivity contribution in [2.24, 2.45) is 5.41 Å². The van der Waals surface area contributed by atoms with Crippen molar-refractivity contribution in [3.8, 4) is 11.5 Å². The Kier molecular flexibility index (Phi) is 11.0. The molecule has 5 aliphatic heterocycles. The number of amides is 4. The highest BCUT2D eigenvalue weighted by molar-refractivity contribution is 6.23. The van der Waals surface area contributed by atoms with Crippen LogP contribution in [-0.4, -0.2) is 127 Å². The largest absolute Gasteiger partial charge is 0.496 e. The highest BCUT2D eigenvalue weighted by Crippen LogP contribution is 2.43. The number of carbonyl (C=O) groups is 4. The van der Waals surface area contributed by atoms with Crippen molar-refractivity contribution in [1.82, 2.24) is 29.9 Å². The molecule has 0 bridgehead atoms. The topological polar surface area (TPSA) is 148 Å². The minimum atomic E-state index is -0.963.